The maximum atomic E-state index is 3.74. The molecule has 1 N–H and O–H groups in total. The highest BCUT2D eigenvalue weighted by molar-refractivity contribution is 8.06. The van der Waals surface area contributed by atoms with Crippen LogP contribution in [0.4, 0.5) is 0 Å². The summed E-state index contributed by atoms with van der Waals surface area (Å²) in [6.07, 6.45) is 2.79. The Morgan fingerprint density at radius 3 is 2.71 bits per heavy atom. The molecule has 0 amide bonds. The van der Waals surface area contributed by atoms with E-state index >= 15 is 0 Å². The third-order valence-electron chi connectivity index (χ3n) is 3.50. The molecule has 1 aliphatic carbocycles. The number of hydrogen-bond donors (Lipinski definition) is 1. The molecule has 2 fully saturated rings. The summed E-state index contributed by atoms with van der Waals surface area (Å²) in [5, 5.41) is 4.61. The molecule has 2 unspecified atom stereocenters. The lowest BCUT2D eigenvalue weighted by Crippen LogP contribution is -2.51. The van der Waals surface area contributed by atoms with Gasteiger partial charge in [0.25, 0.3) is 0 Å². The average Bonchev–Trinajstić information content (AvgIpc) is 2.18. The van der Waals surface area contributed by atoms with E-state index in [4.69, 9.17) is 0 Å². The van der Waals surface area contributed by atoms with E-state index in [0.29, 0.717) is 5.41 Å². The standard InChI is InChI=1S/C11H21NS2/c1-11(2)4-3-10(11)12-7-9-8-13-5-6-14-9/h9-10,12H,3-8H2,1-2H3. The Kier molecular flexibility index (Phi) is 3.72. The Labute approximate surface area is 96.2 Å². The summed E-state index contributed by atoms with van der Waals surface area (Å²) >= 11 is 4.28. The van der Waals surface area contributed by atoms with Crippen LogP contribution in [0.25, 0.3) is 0 Å². The van der Waals surface area contributed by atoms with E-state index in [9.17, 15) is 0 Å². The Balaban J connectivity index is 1.66. The molecule has 14 heavy (non-hydrogen) atoms. The zero-order chi connectivity index (χ0) is 10.0. The first kappa shape index (κ1) is 11.2. The molecule has 0 radical (unpaired) electrons. The molecule has 1 heterocycles. The molecule has 0 bridgehead atoms. The van der Waals surface area contributed by atoms with Gasteiger partial charge in [0.2, 0.25) is 0 Å². The summed E-state index contributed by atoms with van der Waals surface area (Å²) in [4.78, 5) is 0. The molecule has 0 spiro atoms. The van der Waals surface area contributed by atoms with Gasteiger partial charge in [0, 0.05) is 35.1 Å². The lowest BCUT2D eigenvalue weighted by Gasteiger charge is -2.45. The van der Waals surface area contributed by atoms with Gasteiger partial charge >= 0.3 is 0 Å². The zero-order valence-electron chi connectivity index (χ0n) is 9.21. The highest BCUT2D eigenvalue weighted by Gasteiger charge is 2.38. The fourth-order valence-electron chi connectivity index (χ4n) is 2.17. The van der Waals surface area contributed by atoms with E-state index in [0.717, 1.165) is 11.3 Å². The number of thioether (sulfide) groups is 2. The van der Waals surface area contributed by atoms with Crippen molar-refractivity contribution < 1.29 is 0 Å². The lowest BCUT2D eigenvalue weighted by molar-refractivity contribution is 0.110. The third-order valence-corrected chi connectivity index (χ3v) is 6.34. The van der Waals surface area contributed by atoms with Gasteiger partial charge in [0.15, 0.2) is 0 Å². The molecule has 1 nitrogen and oxygen atoms in total. The van der Waals surface area contributed by atoms with Gasteiger partial charge in [0.05, 0.1) is 0 Å². The Hall–Kier alpha value is 0.660. The minimum Gasteiger partial charge on any atom is -0.312 e. The predicted octanol–water partition coefficient (Wildman–Crippen LogP) is 2.61. The first-order chi connectivity index (χ1) is 6.68. The summed E-state index contributed by atoms with van der Waals surface area (Å²) in [5.41, 5.74) is 0.562. The normalized spacial score (nSPS) is 36.4. The van der Waals surface area contributed by atoms with Crippen LogP contribution < -0.4 is 5.32 Å². The highest BCUT2D eigenvalue weighted by Crippen LogP contribution is 2.40. The quantitative estimate of drug-likeness (QED) is 0.802. The van der Waals surface area contributed by atoms with Gasteiger partial charge in [-0.25, -0.2) is 0 Å². The van der Waals surface area contributed by atoms with Crippen LogP contribution in [0.2, 0.25) is 0 Å². The van der Waals surface area contributed by atoms with Gasteiger partial charge in [-0.3, -0.25) is 0 Å². The van der Waals surface area contributed by atoms with Crippen LogP contribution >= 0.6 is 23.5 Å². The molecular formula is C11H21NS2. The monoisotopic (exact) mass is 231 g/mol. The van der Waals surface area contributed by atoms with E-state index in [2.05, 4.69) is 42.7 Å². The van der Waals surface area contributed by atoms with Crippen molar-refractivity contribution in [2.24, 2.45) is 5.41 Å². The van der Waals surface area contributed by atoms with E-state index < -0.39 is 0 Å². The van der Waals surface area contributed by atoms with Crippen LogP contribution in [0.15, 0.2) is 0 Å². The molecule has 1 saturated heterocycles. The zero-order valence-corrected chi connectivity index (χ0v) is 10.8. The second kappa shape index (κ2) is 4.67. The Morgan fingerprint density at radius 2 is 2.21 bits per heavy atom. The van der Waals surface area contributed by atoms with Crippen LogP contribution in [0, 0.1) is 5.41 Å². The second-order valence-electron chi connectivity index (χ2n) is 5.06. The van der Waals surface area contributed by atoms with Gasteiger partial charge in [-0.1, -0.05) is 13.8 Å². The van der Waals surface area contributed by atoms with Crippen LogP contribution in [-0.2, 0) is 0 Å². The summed E-state index contributed by atoms with van der Waals surface area (Å²) < 4.78 is 0. The van der Waals surface area contributed by atoms with Gasteiger partial charge in [0.1, 0.15) is 0 Å². The van der Waals surface area contributed by atoms with Gasteiger partial charge in [-0.2, -0.15) is 23.5 Å². The molecule has 0 aromatic heterocycles. The number of nitrogens with one attached hydrogen (secondary N) is 1. The van der Waals surface area contributed by atoms with Gasteiger partial charge in [-0.05, 0) is 18.3 Å². The molecule has 2 aliphatic rings. The molecule has 82 valence electrons. The van der Waals surface area contributed by atoms with Crippen LogP contribution in [-0.4, -0.2) is 35.1 Å². The second-order valence-corrected chi connectivity index (χ2v) is 7.61. The number of hydrogen-bond acceptors (Lipinski definition) is 3. The minimum atomic E-state index is 0.562. The van der Waals surface area contributed by atoms with Crippen LogP contribution in [0.3, 0.4) is 0 Å². The topological polar surface area (TPSA) is 12.0 Å². The summed E-state index contributed by atoms with van der Waals surface area (Å²) in [6.45, 7) is 6.00. The summed E-state index contributed by atoms with van der Waals surface area (Å²) in [5.74, 6) is 4.06. The van der Waals surface area contributed by atoms with E-state index in [-0.39, 0.29) is 0 Å². The van der Waals surface area contributed by atoms with Crippen molar-refractivity contribution in [3.8, 4) is 0 Å². The molecular weight excluding hydrogens is 210 g/mol. The smallest absolute Gasteiger partial charge is 0.0263 e. The molecule has 2 atom stereocenters. The molecule has 3 heteroatoms. The summed E-state index contributed by atoms with van der Waals surface area (Å²) in [7, 11) is 0. The van der Waals surface area contributed by atoms with E-state index in [1.165, 1.54) is 36.6 Å². The van der Waals surface area contributed by atoms with E-state index in [1.54, 1.807) is 0 Å². The Bertz CT molecular complexity index is 188. The number of rotatable bonds is 3. The fourth-order valence-corrected chi connectivity index (χ4v) is 4.80. The van der Waals surface area contributed by atoms with Crippen LogP contribution in [0.1, 0.15) is 26.7 Å². The Morgan fingerprint density at radius 1 is 1.36 bits per heavy atom. The molecule has 2 rings (SSSR count). The van der Waals surface area contributed by atoms with Crippen molar-refractivity contribution in [2.45, 2.75) is 38.0 Å². The molecule has 1 aliphatic heterocycles. The van der Waals surface area contributed by atoms with Crippen LogP contribution in [0.5, 0.6) is 0 Å². The van der Waals surface area contributed by atoms with E-state index in [1.807, 2.05) is 0 Å². The lowest BCUT2D eigenvalue weighted by atomic mass is 9.67. The van der Waals surface area contributed by atoms with Gasteiger partial charge < -0.3 is 5.32 Å². The predicted molar refractivity (Wildman–Crippen MR) is 68.4 cm³/mol. The first-order valence-corrected chi connectivity index (χ1v) is 7.81. The van der Waals surface area contributed by atoms with Crippen molar-refractivity contribution in [3.63, 3.8) is 0 Å². The van der Waals surface area contributed by atoms with Crippen molar-refractivity contribution in [1.29, 1.82) is 0 Å². The van der Waals surface area contributed by atoms with Crippen molar-refractivity contribution in [2.75, 3.05) is 23.8 Å². The largest absolute Gasteiger partial charge is 0.312 e. The molecule has 0 aromatic carbocycles. The van der Waals surface area contributed by atoms with Crippen molar-refractivity contribution in [1.82, 2.24) is 5.32 Å². The highest BCUT2D eigenvalue weighted by atomic mass is 32.2. The SMILES string of the molecule is CC1(C)CCC1NCC1CSCCS1. The average molecular weight is 231 g/mol. The van der Waals surface area contributed by atoms with Crippen molar-refractivity contribution >= 4 is 23.5 Å². The third kappa shape index (κ3) is 2.61. The van der Waals surface area contributed by atoms with Crippen molar-refractivity contribution in [3.05, 3.63) is 0 Å². The molecule has 0 aromatic rings. The van der Waals surface area contributed by atoms with Gasteiger partial charge in [-0.15, -0.1) is 0 Å². The first-order valence-electron chi connectivity index (χ1n) is 5.61. The maximum absolute atomic E-state index is 3.74. The fraction of sp³-hybridized carbons (Fsp3) is 1.00. The summed E-state index contributed by atoms with van der Waals surface area (Å²) in [6, 6.07) is 0.787. The minimum absolute atomic E-state index is 0.562. The molecule has 1 saturated carbocycles. The maximum Gasteiger partial charge on any atom is 0.0263 e.